The summed E-state index contributed by atoms with van der Waals surface area (Å²) < 4.78 is 24.8. The van der Waals surface area contributed by atoms with Crippen LogP contribution in [-0.2, 0) is 31.7 Å². The Morgan fingerprint density at radius 3 is 2.57 bits per heavy atom. The van der Waals surface area contributed by atoms with Crippen LogP contribution in [0.25, 0.3) is 10.9 Å². The molecule has 2 aromatic heterocycles. The van der Waals surface area contributed by atoms with Crippen LogP contribution in [0.3, 0.4) is 0 Å². The molecular weight excluding hydrogens is 494 g/mol. The molecule has 184 valence electrons. The van der Waals surface area contributed by atoms with E-state index >= 15 is 0 Å². The third kappa shape index (κ3) is 6.23. The molecule has 1 aromatic carbocycles. The van der Waals surface area contributed by atoms with Crippen LogP contribution in [0.2, 0.25) is 5.15 Å². The lowest BCUT2D eigenvalue weighted by Gasteiger charge is -2.22. The summed E-state index contributed by atoms with van der Waals surface area (Å²) in [6.07, 6.45) is 2.72. The number of carbonyl (C=O) groups is 3. The molecule has 35 heavy (non-hydrogen) atoms. The third-order valence-electron chi connectivity index (χ3n) is 5.47. The van der Waals surface area contributed by atoms with Gasteiger partial charge in [0.1, 0.15) is 29.8 Å². The number of pyridine rings is 1. The van der Waals surface area contributed by atoms with Crippen LogP contribution in [0.1, 0.15) is 35.8 Å². The molecule has 1 aliphatic rings. The Balaban J connectivity index is 1.55. The first-order valence-electron chi connectivity index (χ1n) is 10.9. The van der Waals surface area contributed by atoms with Crippen molar-refractivity contribution < 1.29 is 22.8 Å². The zero-order valence-corrected chi connectivity index (χ0v) is 20.8. The molecule has 10 nitrogen and oxygen atoms in total. The molecule has 4 rings (SSSR count). The van der Waals surface area contributed by atoms with Crippen molar-refractivity contribution in [1.29, 1.82) is 0 Å². The second kappa shape index (κ2) is 9.74. The summed E-state index contributed by atoms with van der Waals surface area (Å²) in [4.78, 5) is 43.5. The summed E-state index contributed by atoms with van der Waals surface area (Å²) in [6.45, 7) is 1.03. The second-order valence-corrected chi connectivity index (χ2v) is 11.2. The second-order valence-electron chi connectivity index (χ2n) is 8.63. The number of hydrogen-bond donors (Lipinski definition) is 1. The summed E-state index contributed by atoms with van der Waals surface area (Å²) in [5, 5.41) is 7.69. The monoisotopic (exact) mass is 517 g/mol. The van der Waals surface area contributed by atoms with Crippen LogP contribution in [0, 0.1) is 0 Å². The highest BCUT2D eigenvalue weighted by atomic mass is 35.5. The number of hydrogen-bond acceptors (Lipinski definition) is 7. The first kappa shape index (κ1) is 24.8. The molecule has 2 amide bonds. The molecule has 0 saturated heterocycles. The van der Waals surface area contributed by atoms with Crippen LogP contribution in [0.5, 0.6) is 0 Å². The van der Waals surface area contributed by atoms with E-state index in [-0.39, 0.29) is 47.4 Å². The Morgan fingerprint density at radius 1 is 1.20 bits per heavy atom. The minimum absolute atomic E-state index is 0.0453. The molecule has 0 unspecified atom stereocenters. The van der Waals surface area contributed by atoms with Crippen LogP contribution in [0.4, 0.5) is 5.82 Å². The van der Waals surface area contributed by atoms with Gasteiger partial charge in [0.2, 0.25) is 11.8 Å². The minimum atomic E-state index is -3.26. The van der Waals surface area contributed by atoms with Crippen LogP contribution >= 0.6 is 11.6 Å². The Morgan fingerprint density at radius 2 is 1.94 bits per heavy atom. The number of benzene rings is 1. The summed E-state index contributed by atoms with van der Waals surface area (Å²) in [6, 6.07) is 9.71. The maximum Gasteiger partial charge on any atom is 0.245 e. The number of rotatable bonds is 9. The van der Waals surface area contributed by atoms with Crippen LogP contribution in [-0.4, -0.2) is 64.5 Å². The fourth-order valence-electron chi connectivity index (χ4n) is 3.84. The number of Topliss-reactive ketones (excluding diaryl/α,β-unsaturated/α-hetero) is 1. The Bertz CT molecular complexity index is 1430. The molecule has 1 fully saturated rings. The molecule has 1 N–H and O–H groups in total. The molecule has 1 saturated carbocycles. The normalized spacial score (nSPS) is 13.6. The van der Waals surface area contributed by atoms with Crippen molar-refractivity contribution in [2.45, 2.75) is 38.1 Å². The molecule has 12 heteroatoms. The first-order chi connectivity index (χ1) is 16.5. The number of nitrogens with zero attached hydrogens (tertiary/aromatic N) is 4. The maximum absolute atomic E-state index is 13.2. The Kier molecular flexibility index (Phi) is 6.91. The van der Waals surface area contributed by atoms with E-state index < -0.39 is 15.7 Å². The molecule has 0 aliphatic heterocycles. The number of amides is 2. The van der Waals surface area contributed by atoms with Gasteiger partial charge >= 0.3 is 0 Å². The number of halogens is 1. The summed E-state index contributed by atoms with van der Waals surface area (Å²) in [5.41, 5.74) is 1.22. The third-order valence-corrected chi connectivity index (χ3v) is 6.53. The lowest BCUT2D eigenvalue weighted by molar-refractivity contribution is -0.135. The first-order valence-corrected chi connectivity index (χ1v) is 13.3. The van der Waals surface area contributed by atoms with Gasteiger partial charge < -0.3 is 10.2 Å². The predicted molar refractivity (Wildman–Crippen MR) is 131 cm³/mol. The summed E-state index contributed by atoms with van der Waals surface area (Å²) >= 11 is 5.86. The number of fused-ring (bicyclic) bond motifs is 1. The van der Waals surface area contributed by atoms with E-state index in [2.05, 4.69) is 15.4 Å². The van der Waals surface area contributed by atoms with Crippen molar-refractivity contribution in [2.75, 3.05) is 18.1 Å². The molecule has 0 radical (unpaired) electrons. The standard InChI is InChI=1S/C23H24ClN5O5S/c1-14(30)23-17-10-15(13-35(2,33)34)6-9-18(17)29(27-23)12-22(32)28(16-7-8-16)11-21(31)26-20-5-3-4-19(24)25-20/h3-6,9-10,16H,7-8,11-13H2,1-2H3,(H,25,26,31). The van der Waals surface area contributed by atoms with Crippen molar-refractivity contribution in [3.8, 4) is 0 Å². The van der Waals surface area contributed by atoms with E-state index in [1.165, 1.54) is 16.5 Å². The highest BCUT2D eigenvalue weighted by molar-refractivity contribution is 7.89. The highest BCUT2D eigenvalue weighted by Gasteiger charge is 2.34. The van der Waals surface area contributed by atoms with E-state index in [0.717, 1.165) is 19.1 Å². The van der Waals surface area contributed by atoms with E-state index in [0.29, 0.717) is 22.3 Å². The van der Waals surface area contributed by atoms with Crippen molar-refractivity contribution in [1.82, 2.24) is 19.7 Å². The van der Waals surface area contributed by atoms with E-state index in [1.807, 2.05) is 0 Å². The van der Waals surface area contributed by atoms with Gasteiger partial charge in [0.05, 0.1) is 11.3 Å². The Labute approximate surface area is 207 Å². The van der Waals surface area contributed by atoms with Gasteiger partial charge in [-0.15, -0.1) is 0 Å². The van der Waals surface area contributed by atoms with Crippen molar-refractivity contribution in [3.05, 3.63) is 52.8 Å². The van der Waals surface area contributed by atoms with Gasteiger partial charge in [0.15, 0.2) is 15.6 Å². The quantitative estimate of drug-likeness (QED) is 0.340. The molecule has 1 aliphatic carbocycles. The SMILES string of the molecule is CC(=O)c1nn(CC(=O)N(CC(=O)Nc2cccc(Cl)n2)C2CC2)c2ccc(CS(C)(=O)=O)cc12. The molecule has 0 atom stereocenters. The highest BCUT2D eigenvalue weighted by Crippen LogP contribution is 2.28. The number of ketones is 1. The molecular formula is C23H24ClN5O5S. The van der Waals surface area contributed by atoms with E-state index in [9.17, 15) is 22.8 Å². The topological polar surface area (TPSA) is 131 Å². The van der Waals surface area contributed by atoms with Crippen molar-refractivity contribution in [2.24, 2.45) is 0 Å². The van der Waals surface area contributed by atoms with E-state index in [4.69, 9.17) is 11.6 Å². The van der Waals surface area contributed by atoms with Gasteiger partial charge in [-0.05, 0) is 42.7 Å². The van der Waals surface area contributed by atoms with Crippen LogP contribution < -0.4 is 5.32 Å². The minimum Gasteiger partial charge on any atom is -0.329 e. The number of carbonyl (C=O) groups excluding carboxylic acids is 3. The number of aromatic nitrogens is 3. The molecule has 3 aromatic rings. The molecule has 0 spiro atoms. The summed E-state index contributed by atoms with van der Waals surface area (Å²) in [7, 11) is -3.26. The van der Waals surface area contributed by atoms with Gasteiger partial charge in [0.25, 0.3) is 0 Å². The number of sulfone groups is 1. The smallest absolute Gasteiger partial charge is 0.245 e. The zero-order chi connectivity index (χ0) is 25.3. The molecule has 0 bridgehead atoms. The maximum atomic E-state index is 13.2. The lowest BCUT2D eigenvalue weighted by atomic mass is 10.1. The van der Waals surface area contributed by atoms with Gasteiger partial charge in [-0.2, -0.15) is 5.10 Å². The fourth-order valence-corrected chi connectivity index (χ4v) is 4.79. The number of anilines is 1. The molecule has 2 heterocycles. The predicted octanol–water partition coefficient (Wildman–Crippen LogP) is 2.46. The Hall–Kier alpha value is -3.31. The van der Waals surface area contributed by atoms with Crippen molar-refractivity contribution in [3.63, 3.8) is 0 Å². The zero-order valence-electron chi connectivity index (χ0n) is 19.2. The average molecular weight is 518 g/mol. The van der Waals surface area contributed by atoms with Crippen molar-refractivity contribution >= 4 is 55.8 Å². The van der Waals surface area contributed by atoms with Crippen LogP contribution in [0.15, 0.2) is 36.4 Å². The van der Waals surface area contributed by atoms with Gasteiger partial charge in [-0.25, -0.2) is 13.4 Å². The lowest BCUT2D eigenvalue weighted by Crippen LogP contribution is -2.41. The summed E-state index contributed by atoms with van der Waals surface area (Å²) in [5.74, 6) is -0.900. The number of nitrogens with one attached hydrogen (secondary N) is 1. The van der Waals surface area contributed by atoms with Gasteiger partial charge in [-0.3, -0.25) is 19.1 Å². The average Bonchev–Trinajstić information content (AvgIpc) is 3.53. The van der Waals surface area contributed by atoms with Gasteiger partial charge in [-0.1, -0.05) is 23.7 Å². The van der Waals surface area contributed by atoms with Gasteiger partial charge in [0, 0.05) is 24.6 Å². The fraction of sp³-hybridized carbons (Fsp3) is 0.348. The van der Waals surface area contributed by atoms with E-state index in [1.54, 1.807) is 36.4 Å². The largest absolute Gasteiger partial charge is 0.329 e.